The maximum absolute atomic E-state index is 12.1. The predicted molar refractivity (Wildman–Crippen MR) is 104 cm³/mol. The van der Waals surface area contributed by atoms with Crippen molar-refractivity contribution in [3.63, 3.8) is 0 Å². The summed E-state index contributed by atoms with van der Waals surface area (Å²) in [5.74, 6) is 1.03. The van der Waals surface area contributed by atoms with Crippen LogP contribution >= 0.6 is 11.8 Å². The molecule has 1 heterocycles. The van der Waals surface area contributed by atoms with Crippen molar-refractivity contribution in [2.45, 2.75) is 37.8 Å². The summed E-state index contributed by atoms with van der Waals surface area (Å²) in [4.78, 5) is 13.6. The molecule has 1 aromatic carbocycles. The lowest BCUT2D eigenvalue weighted by molar-refractivity contribution is -0.127. The van der Waals surface area contributed by atoms with Crippen LogP contribution in [0.1, 0.15) is 32.8 Å². The normalized spacial score (nSPS) is 11.2. The molecule has 0 N–H and O–H groups in total. The first-order valence-electron chi connectivity index (χ1n) is 8.48. The minimum absolute atomic E-state index is 0.0238. The Bertz CT molecular complexity index is 799. The zero-order valence-corrected chi connectivity index (χ0v) is 16.8. The molecule has 26 heavy (non-hydrogen) atoms. The quantitative estimate of drug-likeness (QED) is 0.729. The molecule has 1 amide bonds. The van der Waals surface area contributed by atoms with Gasteiger partial charge in [0.05, 0.1) is 18.2 Å². The molecular formula is C19H25N5OS. The van der Waals surface area contributed by atoms with Crippen LogP contribution in [0.3, 0.4) is 0 Å². The summed E-state index contributed by atoms with van der Waals surface area (Å²) < 4.78 is 1.90. The third-order valence-electron chi connectivity index (χ3n) is 4.15. The molecule has 1 aromatic heterocycles. The summed E-state index contributed by atoms with van der Waals surface area (Å²) in [6.07, 6.45) is 0.339. The van der Waals surface area contributed by atoms with E-state index in [1.807, 2.05) is 17.7 Å². The number of amides is 1. The molecule has 0 aliphatic carbocycles. The van der Waals surface area contributed by atoms with Crippen LogP contribution in [-0.2, 0) is 17.3 Å². The van der Waals surface area contributed by atoms with Crippen molar-refractivity contribution in [2.24, 2.45) is 7.05 Å². The molecule has 6 nitrogen and oxygen atoms in total. The number of hydrogen-bond acceptors (Lipinski definition) is 5. The maximum atomic E-state index is 12.1. The topological polar surface area (TPSA) is 74.8 Å². The monoisotopic (exact) mass is 371 g/mol. The number of aromatic nitrogens is 3. The van der Waals surface area contributed by atoms with Crippen molar-refractivity contribution in [1.29, 1.82) is 5.26 Å². The van der Waals surface area contributed by atoms with Gasteiger partial charge >= 0.3 is 0 Å². The summed E-state index contributed by atoms with van der Waals surface area (Å²) in [7, 11) is 3.61. The Morgan fingerprint density at radius 1 is 1.27 bits per heavy atom. The van der Waals surface area contributed by atoms with Crippen molar-refractivity contribution in [3.8, 4) is 17.5 Å². The molecule has 0 spiro atoms. The molecule has 0 unspecified atom stereocenters. The lowest BCUT2D eigenvalue weighted by Gasteiger charge is -2.19. The maximum Gasteiger partial charge on any atom is 0.232 e. The van der Waals surface area contributed by atoms with Crippen LogP contribution in [0.15, 0.2) is 29.4 Å². The first-order chi connectivity index (χ1) is 12.2. The van der Waals surface area contributed by atoms with Gasteiger partial charge in [0, 0.05) is 26.2 Å². The Kier molecular flexibility index (Phi) is 6.43. The van der Waals surface area contributed by atoms with Crippen molar-refractivity contribution >= 4 is 17.7 Å². The predicted octanol–water partition coefficient (Wildman–Crippen LogP) is 3.24. The third-order valence-corrected chi connectivity index (χ3v) is 5.16. The van der Waals surface area contributed by atoms with Crippen LogP contribution in [0.5, 0.6) is 0 Å². The van der Waals surface area contributed by atoms with Crippen molar-refractivity contribution in [2.75, 3.05) is 19.3 Å². The van der Waals surface area contributed by atoms with Gasteiger partial charge in [0.15, 0.2) is 11.0 Å². The molecule has 7 heteroatoms. The molecule has 0 aliphatic rings. The average molecular weight is 372 g/mol. The first-order valence-corrected chi connectivity index (χ1v) is 9.46. The molecule has 2 aromatic rings. The summed E-state index contributed by atoms with van der Waals surface area (Å²) >= 11 is 1.36. The molecule has 0 bridgehead atoms. The van der Waals surface area contributed by atoms with Gasteiger partial charge in [-0.1, -0.05) is 56.8 Å². The van der Waals surface area contributed by atoms with Crippen LogP contribution in [0.2, 0.25) is 0 Å². The Morgan fingerprint density at radius 3 is 2.50 bits per heavy atom. The molecule has 0 atom stereocenters. The van der Waals surface area contributed by atoms with Gasteiger partial charge in [0.2, 0.25) is 5.91 Å². The lowest BCUT2D eigenvalue weighted by Crippen LogP contribution is -2.29. The minimum Gasteiger partial charge on any atom is -0.344 e. The fraction of sp³-hybridized carbons (Fsp3) is 0.474. The highest BCUT2D eigenvalue weighted by Gasteiger charge is 2.17. The van der Waals surface area contributed by atoms with Gasteiger partial charge in [-0.2, -0.15) is 5.26 Å². The van der Waals surface area contributed by atoms with Gasteiger partial charge in [0.1, 0.15) is 0 Å². The largest absolute Gasteiger partial charge is 0.344 e. The zero-order valence-electron chi connectivity index (χ0n) is 16.0. The second-order valence-electron chi connectivity index (χ2n) is 7.20. The Hall–Kier alpha value is -2.33. The summed E-state index contributed by atoms with van der Waals surface area (Å²) in [6.45, 7) is 7.00. The van der Waals surface area contributed by atoms with Gasteiger partial charge in [-0.05, 0) is 11.0 Å². The third kappa shape index (κ3) is 4.85. The number of hydrogen-bond donors (Lipinski definition) is 0. The lowest BCUT2D eigenvalue weighted by atomic mass is 9.87. The Morgan fingerprint density at radius 2 is 1.92 bits per heavy atom. The second-order valence-corrected chi connectivity index (χ2v) is 8.15. The standard InChI is InChI=1S/C19H25N5OS/c1-19(2,3)15-9-7-14(8-10-15)17-21-22-18(24(17)5)26-13-16(25)23(4)12-6-11-20/h7-10H,6,12-13H2,1-5H3. The van der Waals surface area contributed by atoms with E-state index >= 15 is 0 Å². The molecule has 0 saturated heterocycles. The van der Waals surface area contributed by atoms with E-state index in [4.69, 9.17) is 5.26 Å². The van der Waals surface area contributed by atoms with E-state index in [9.17, 15) is 4.79 Å². The number of carbonyl (C=O) groups excluding carboxylic acids is 1. The molecule has 0 fully saturated rings. The van der Waals surface area contributed by atoms with Crippen molar-refractivity contribution < 1.29 is 4.79 Å². The Balaban J connectivity index is 2.06. The smallest absolute Gasteiger partial charge is 0.232 e. The Labute approximate surface area is 159 Å². The highest BCUT2D eigenvalue weighted by molar-refractivity contribution is 7.99. The van der Waals surface area contributed by atoms with E-state index in [1.54, 1.807) is 11.9 Å². The van der Waals surface area contributed by atoms with E-state index in [1.165, 1.54) is 17.3 Å². The number of thioether (sulfide) groups is 1. The number of benzene rings is 1. The average Bonchev–Trinajstić information content (AvgIpc) is 2.97. The van der Waals surface area contributed by atoms with E-state index in [-0.39, 0.29) is 17.1 Å². The van der Waals surface area contributed by atoms with Gasteiger partial charge < -0.3 is 9.47 Å². The van der Waals surface area contributed by atoms with Gasteiger partial charge in [0.25, 0.3) is 0 Å². The van der Waals surface area contributed by atoms with Crippen molar-refractivity contribution in [3.05, 3.63) is 29.8 Å². The van der Waals surface area contributed by atoms with Crippen LogP contribution in [-0.4, -0.2) is 44.9 Å². The van der Waals surface area contributed by atoms with Crippen LogP contribution < -0.4 is 0 Å². The highest BCUT2D eigenvalue weighted by Crippen LogP contribution is 2.27. The molecule has 0 radical (unpaired) electrons. The van der Waals surface area contributed by atoms with Crippen LogP contribution in [0.25, 0.3) is 11.4 Å². The van der Waals surface area contributed by atoms with E-state index in [0.717, 1.165) is 11.4 Å². The molecular weight excluding hydrogens is 346 g/mol. The fourth-order valence-corrected chi connectivity index (χ4v) is 3.24. The number of nitriles is 1. The van der Waals surface area contributed by atoms with Crippen molar-refractivity contribution in [1.82, 2.24) is 19.7 Å². The molecule has 0 aliphatic heterocycles. The van der Waals surface area contributed by atoms with Gasteiger partial charge in [-0.15, -0.1) is 10.2 Å². The first kappa shape index (κ1) is 20.0. The zero-order chi connectivity index (χ0) is 19.3. The van der Waals surface area contributed by atoms with Gasteiger partial charge in [-0.3, -0.25) is 4.79 Å². The van der Waals surface area contributed by atoms with E-state index in [0.29, 0.717) is 18.1 Å². The summed E-state index contributed by atoms with van der Waals surface area (Å²) in [5.41, 5.74) is 2.37. The van der Waals surface area contributed by atoms with Gasteiger partial charge in [-0.25, -0.2) is 0 Å². The minimum atomic E-state index is -0.0238. The SMILES string of the molecule is CN(CCC#N)C(=O)CSc1nnc(-c2ccc(C(C)(C)C)cc2)n1C. The molecule has 2 rings (SSSR count). The second kappa shape index (κ2) is 8.37. The van der Waals surface area contributed by atoms with E-state index < -0.39 is 0 Å². The number of nitrogens with zero attached hydrogens (tertiary/aromatic N) is 5. The number of carbonyl (C=O) groups is 1. The van der Waals surface area contributed by atoms with Crippen LogP contribution in [0, 0.1) is 11.3 Å². The van der Waals surface area contributed by atoms with E-state index in [2.05, 4.69) is 55.2 Å². The summed E-state index contributed by atoms with van der Waals surface area (Å²) in [5, 5.41) is 17.8. The molecule has 0 saturated carbocycles. The highest BCUT2D eigenvalue weighted by atomic mass is 32.2. The van der Waals surface area contributed by atoms with Crippen LogP contribution in [0.4, 0.5) is 0 Å². The fourth-order valence-electron chi connectivity index (χ4n) is 2.39. The number of rotatable bonds is 6. The summed E-state index contributed by atoms with van der Waals surface area (Å²) in [6, 6.07) is 10.4. The molecule has 138 valence electrons.